The van der Waals surface area contributed by atoms with E-state index in [-0.39, 0.29) is 0 Å². The minimum absolute atomic E-state index is 0.701. The molecule has 0 bridgehead atoms. The van der Waals surface area contributed by atoms with Crippen molar-refractivity contribution in [3.05, 3.63) is 182 Å². The van der Waals surface area contributed by atoms with Gasteiger partial charge in [0.2, 0.25) is 0 Å². The van der Waals surface area contributed by atoms with Crippen LogP contribution in [0, 0.1) is 0 Å². The number of rotatable bonds is 5. The molecule has 2 aromatic heterocycles. The molecule has 0 aliphatic carbocycles. The molecule has 0 unspecified atom stereocenters. The van der Waals surface area contributed by atoms with E-state index in [1.165, 1.54) is 0 Å². The molecular weight excluding hydrogens is 621 g/mol. The van der Waals surface area contributed by atoms with E-state index in [4.69, 9.17) is 14.4 Å². The molecule has 8 aromatic carbocycles. The number of nitrogens with zero attached hydrogens (tertiary/aromatic N) is 2. The summed E-state index contributed by atoms with van der Waals surface area (Å²) in [4.78, 5) is 10.4. The van der Waals surface area contributed by atoms with Gasteiger partial charge in [-0.3, -0.25) is 0 Å². The van der Waals surface area contributed by atoms with Gasteiger partial charge in [0.05, 0.1) is 11.2 Å². The smallest absolute Gasteiger partial charge is 0.160 e. The maximum atomic E-state index is 6.37. The quantitative estimate of drug-likeness (QED) is 0.186. The third-order valence-electron chi connectivity index (χ3n) is 9.86. The van der Waals surface area contributed by atoms with E-state index in [2.05, 4.69) is 164 Å². The van der Waals surface area contributed by atoms with Crippen LogP contribution in [-0.2, 0) is 0 Å². The van der Waals surface area contributed by atoms with E-state index in [0.717, 1.165) is 93.8 Å². The van der Waals surface area contributed by atoms with Crippen LogP contribution in [-0.4, -0.2) is 9.97 Å². The molecule has 0 atom stereocenters. The van der Waals surface area contributed by atoms with Crippen molar-refractivity contribution in [2.45, 2.75) is 0 Å². The van der Waals surface area contributed by atoms with Gasteiger partial charge in [-0.05, 0) is 81.2 Å². The minimum atomic E-state index is 0.701. The van der Waals surface area contributed by atoms with Gasteiger partial charge in [-0.2, -0.15) is 0 Å². The Morgan fingerprint density at radius 2 is 0.902 bits per heavy atom. The summed E-state index contributed by atoms with van der Waals surface area (Å²) in [5, 5.41) is 5.58. The summed E-state index contributed by atoms with van der Waals surface area (Å²) >= 11 is 0. The largest absolute Gasteiger partial charge is 0.455 e. The predicted molar refractivity (Wildman–Crippen MR) is 212 cm³/mol. The lowest BCUT2D eigenvalue weighted by molar-refractivity contribution is 0.672. The number of para-hydroxylation sites is 2. The SMILES string of the molecule is c1ccc(-c2cc(-c3ccccc3)cc(-c3nc(-c4ccc(-c5ccc6ccc7c8ccccc8oc7c6c5)cc4)c4ccccc4n3)c2)cc1. The molecule has 238 valence electrons. The Morgan fingerprint density at radius 1 is 0.333 bits per heavy atom. The lowest BCUT2D eigenvalue weighted by Crippen LogP contribution is -1.96. The van der Waals surface area contributed by atoms with E-state index in [0.29, 0.717) is 5.82 Å². The van der Waals surface area contributed by atoms with Crippen LogP contribution in [0.3, 0.4) is 0 Å². The Morgan fingerprint density at radius 3 is 1.65 bits per heavy atom. The molecule has 0 saturated carbocycles. The summed E-state index contributed by atoms with van der Waals surface area (Å²) in [5.74, 6) is 0.701. The van der Waals surface area contributed by atoms with Crippen molar-refractivity contribution in [3.8, 4) is 56.0 Å². The highest BCUT2D eigenvalue weighted by atomic mass is 16.3. The molecule has 10 rings (SSSR count). The lowest BCUT2D eigenvalue weighted by atomic mass is 9.95. The highest BCUT2D eigenvalue weighted by molar-refractivity contribution is 6.15. The van der Waals surface area contributed by atoms with Crippen molar-refractivity contribution < 1.29 is 4.42 Å². The second kappa shape index (κ2) is 11.9. The maximum absolute atomic E-state index is 6.37. The van der Waals surface area contributed by atoms with E-state index < -0.39 is 0 Å². The van der Waals surface area contributed by atoms with Crippen molar-refractivity contribution >= 4 is 43.6 Å². The summed E-state index contributed by atoms with van der Waals surface area (Å²) in [6, 6.07) is 63.9. The Labute approximate surface area is 295 Å². The van der Waals surface area contributed by atoms with Crippen LogP contribution in [0.2, 0.25) is 0 Å². The summed E-state index contributed by atoms with van der Waals surface area (Å²) < 4.78 is 6.37. The lowest BCUT2D eigenvalue weighted by Gasteiger charge is -2.13. The molecule has 0 amide bonds. The Hall–Kier alpha value is -6.84. The van der Waals surface area contributed by atoms with Crippen LogP contribution in [0.5, 0.6) is 0 Å². The third kappa shape index (κ3) is 5.15. The predicted octanol–water partition coefficient (Wildman–Crippen LogP) is 13.0. The van der Waals surface area contributed by atoms with Gasteiger partial charge in [-0.25, -0.2) is 9.97 Å². The van der Waals surface area contributed by atoms with Crippen molar-refractivity contribution in [1.82, 2.24) is 9.97 Å². The van der Waals surface area contributed by atoms with Crippen LogP contribution in [0.15, 0.2) is 186 Å². The Kier molecular flexibility index (Phi) is 6.81. The summed E-state index contributed by atoms with van der Waals surface area (Å²) in [6.45, 7) is 0. The maximum Gasteiger partial charge on any atom is 0.160 e. The first-order chi connectivity index (χ1) is 25.2. The summed E-state index contributed by atoms with van der Waals surface area (Å²) in [6.07, 6.45) is 0. The van der Waals surface area contributed by atoms with Gasteiger partial charge in [0.15, 0.2) is 5.82 Å². The average Bonchev–Trinajstić information content (AvgIpc) is 3.60. The number of hydrogen-bond donors (Lipinski definition) is 0. The number of benzene rings is 8. The van der Waals surface area contributed by atoms with Gasteiger partial charge in [0.1, 0.15) is 11.2 Å². The molecule has 0 aliphatic rings. The van der Waals surface area contributed by atoms with Crippen LogP contribution < -0.4 is 0 Å². The van der Waals surface area contributed by atoms with Gasteiger partial charge < -0.3 is 4.42 Å². The van der Waals surface area contributed by atoms with Gasteiger partial charge in [-0.15, -0.1) is 0 Å². The molecule has 3 heteroatoms. The summed E-state index contributed by atoms with van der Waals surface area (Å²) in [5.41, 5.74) is 12.5. The third-order valence-corrected chi connectivity index (χ3v) is 9.86. The molecule has 10 aromatic rings. The zero-order chi connectivity index (χ0) is 33.7. The van der Waals surface area contributed by atoms with Crippen molar-refractivity contribution in [1.29, 1.82) is 0 Å². The molecule has 2 heterocycles. The highest BCUT2D eigenvalue weighted by Crippen LogP contribution is 2.38. The van der Waals surface area contributed by atoms with Gasteiger partial charge in [0.25, 0.3) is 0 Å². The fourth-order valence-corrected chi connectivity index (χ4v) is 7.28. The molecule has 0 aliphatic heterocycles. The van der Waals surface area contributed by atoms with E-state index in [1.54, 1.807) is 0 Å². The molecule has 51 heavy (non-hydrogen) atoms. The van der Waals surface area contributed by atoms with E-state index in [1.807, 2.05) is 18.2 Å². The molecular formula is C48H30N2O. The second-order valence-corrected chi connectivity index (χ2v) is 13.0. The molecule has 0 radical (unpaired) electrons. The van der Waals surface area contributed by atoms with Crippen LogP contribution in [0.1, 0.15) is 0 Å². The molecule has 3 nitrogen and oxygen atoms in total. The molecule has 0 fully saturated rings. The molecule has 0 N–H and O–H groups in total. The van der Waals surface area contributed by atoms with E-state index in [9.17, 15) is 0 Å². The first-order valence-electron chi connectivity index (χ1n) is 17.2. The number of furan rings is 1. The fraction of sp³-hybridized carbons (Fsp3) is 0. The zero-order valence-electron chi connectivity index (χ0n) is 27.6. The molecule has 0 saturated heterocycles. The highest BCUT2D eigenvalue weighted by Gasteiger charge is 2.15. The Balaban J connectivity index is 1.08. The number of aromatic nitrogens is 2. The van der Waals surface area contributed by atoms with E-state index >= 15 is 0 Å². The van der Waals surface area contributed by atoms with Crippen molar-refractivity contribution in [3.63, 3.8) is 0 Å². The van der Waals surface area contributed by atoms with Gasteiger partial charge in [-0.1, -0.05) is 140 Å². The first kappa shape index (κ1) is 29.1. The van der Waals surface area contributed by atoms with Gasteiger partial charge >= 0.3 is 0 Å². The van der Waals surface area contributed by atoms with Crippen LogP contribution >= 0.6 is 0 Å². The number of hydrogen-bond acceptors (Lipinski definition) is 3. The van der Waals surface area contributed by atoms with Gasteiger partial charge in [0, 0.05) is 32.7 Å². The second-order valence-electron chi connectivity index (χ2n) is 13.0. The van der Waals surface area contributed by atoms with Crippen molar-refractivity contribution in [2.24, 2.45) is 0 Å². The normalized spacial score (nSPS) is 11.5. The molecule has 0 spiro atoms. The minimum Gasteiger partial charge on any atom is -0.455 e. The summed E-state index contributed by atoms with van der Waals surface area (Å²) in [7, 11) is 0. The first-order valence-corrected chi connectivity index (χ1v) is 17.2. The number of fused-ring (bicyclic) bond motifs is 6. The van der Waals surface area contributed by atoms with Crippen LogP contribution in [0.25, 0.3) is 99.6 Å². The van der Waals surface area contributed by atoms with Crippen molar-refractivity contribution in [2.75, 3.05) is 0 Å². The fourth-order valence-electron chi connectivity index (χ4n) is 7.28. The topological polar surface area (TPSA) is 38.9 Å². The monoisotopic (exact) mass is 650 g/mol. The standard InChI is InChI=1S/C48H30N2O/c1-3-11-31(12-4-1)37-27-38(32-13-5-2-6-14-32)29-39(28-37)48-49-44-17-9-7-16-42(44)46(50-48)35-22-19-33(20-23-35)36-24-21-34-25-26-41-40-15-8-10-18-45(40)51-47(41)43(34)30-36/h1-30H. The average molecular weight is 651 g/mol. The Bertz CT molecular complexity index is 2830. The van der Waals surface area contributed by atoms with Crippen LogP contribution in [0.4, 0.5) is 0 Å². The zero-order valence-corrected chi connectivity index (χ0v) is 27.6.